The number of nitro benzene ring substituents is 1. The zero-order valence-corrected chi connectivity index (χ0v) is 13.3. The second-order valence-electron chi connectivity index (χ2n) is 6.28. The summed E-state index contributed by atoms with van der Waals surface area (Å²) < 4.78 is 1.54. The van der Waals surface area contributed by atoms with Crippen molar-refractivity contribution in [2.75, 3.05) is 6.54 Å². The normalized spacial score (nSPS) is 16.4. The van der Waals surface area contributed by atoms with Gasteiger partial charge in [-0.05, 0) is 37.8 Å². The molecule has 0 radical (unpaired) electrons. The first-order valence-electron chi connectivity index (χ1n) is 7.74. The molecular formula is C16H19N5O3. The molecule has 1 amide bonds. The molecular weight excluding hydrogens is 310 g/mol. The van der Waals surface area contributed by atoms with Crippen LogP contribution in [0.25, 0.3) is 5.69 Å². The largest absolute Gasteiger partial charge is 0.345 e. The highest BCUT2D eigenvalue weighted by atomic mass is 16.6. The number of nitrogens with two attached hydrogens (primary N) is 1. The van der Waals surface area contributed by atoms with Crippen LogP contribution in [0.3, 0.4) is 0 Å². The van der Waals surface area contributed by atoms with Crippen molar-refractivity contribution in [2.45, 2.75) is 25.3 Å². The number of hydrogen-bond donors (Lipinski definition) is 2. The van der Waals surface area contributed by atoms with Crippen molar-refractivity contribution < 1.29 is 9.72 Å². The Labute approximate surface area is 138 Å². The van der Waals surface area contributed by atoms with Crippen molar-refractivity contribution in [1.29, 1.82) is 0 Å². The SMILES string of the molecule is CC(CN)(NC(=O)c1ccc(-n2ccnc2)c([N+](=O)[O-])c1)C1CC1. The van der Waals surface area contributed by atoms with Gasteiger partial charge in [-0.15, -0.1) is 0 Å². The van der Waals surface area contributed by atoms with Crippen molar-refractivity contribution in [3.63, 3.8) is 0 Å². The summed E-state index contributed by atoms with van der Waals surface area (Å²) in [7, 11) is 0. The van der Waals surface area contributed by atoms with Crippen LogP contribution in [0.1, 0.15) is 30.1 Å². The van der Waals surface area contributed by atoms with Gasteiger partial charge in [0.25, 0.3) is 11.6 Å². The number of carbonyl (C=O) groups is 1. The molecule has 1 fully saturated rings. The maximum atomic E-state index is 12.5. The molecule has 1 aliphatic rings. The van der Waals surface area contributed by atoms with Gasteiger partial charge in [0.05, 0.1) is 16.8 Å². The maximum Gasteiger partial charge on any atom is 0.294 e. The minimum Gasteiger partial charge on any atom is -0.345 e. The van der Waals surface area contributed by atoms with Gasteiger partial charge < -0.3 is 15.6 Å². The van der Waals surface area contributed by atoms with E-state index in [0.717, 1.165) is 12.8 Å². The molecule has 1 saturated carbocycles. The van der Waals surface area contributed by atoms with Crippen LogP contribution in [-0.2, 0) is 0 Å². The van der Waals surface area contributed by atoms with Crippen molar-refractivity contribution >= 4 is 11.6 Å². The fourth-order valence-electron chi connectivity index (χ4n) is 2.80. The molecule has 0 saturated heterocycles. The van der Waals surface area contributed by atoms with E-state index in [1.807, 2.05) is 6.92 Å². The fourth-order valence-corrected chi connectivity index (χ4v) is 2.80. The quantitative estimate of drug-likeness (QED) is 0.617. The van der Waals surface area contributed by atoms with Crippen LogP contribution in [0.4, 0.5) is 5.69 Å². The number of imidazole rings is 1. The van der Waals surface area contributed by atoms with Gasteiger partial charge >= 0.3 is 0 Å². The lowest BCUT2D eigenvalue weighted by atomic mass is 9.95. The Morgan fingerprint density at radius 3 is 2.83 bits per heavy atom. The molecule has 1 unspecified atom stereocenters. The molecule has 3 N–H and O–H groups in total. The Morgan fingerprint density at radius 1 is 1.54 bits per heavy atom. The minimum atomic E-state index is -0.505. The second kappa shape index (κ2) is 6.04. The van der Waals surface area contributed by atoms with Crippen LogP contribution < -0.4 is 11.1 Å². The molecule has 1 aliphatic carbocycles. The summed E-state index contributed by atoms with van der Waals surface area (Å²) in [6.45, 7) is 2.25. The average molecular weight is 329 g/mol. The third-order valence-corrected chi connectivity index (χ3v) is 4.52. The number of hydrogen-bond acceptors (Lipinski definition) is 5. The zero-order chi connectivity index (χ0) is 17.3. The molecule has 1 atom stereocenters. The molecule has 1 heterocycles. The predicted molar refractivity (Wildman–Crippen MR) is 87.9 cm³/mol. The molecule has 0 spiro atoms. The smallest absolute Gasteiger partial charge is 0.294 e. The first-order valence-corrected chi connectivity index (χ1v) is 7.74. The van der Waals surface area contributed by atoms with Crippen molar-refractivity contribution in [3.8, 4) is 5.69 Å². The Bertz CT molecular complexity index is 770. The molecule has 1 aromatic heterocycles. The number of benzene rings is 1. The summed E-state index contributed by atoms with van der Waals surface area (Å²) in [5, 5.41) is 14.3. The van der Waals surface area contributed by atoms with Gasteiger partial charge in [-0.1, -0.05) is 0 Å². The molecule has 8 nitrogen and oxygen atoms in total. The Morgan fingerprint density at radius 2 is 2.29 bits per heavy atom. The maximum absolute atomic E-state index is 12.5. The Kier molecular flexibility index (Phi) is 4.06. The van der Waals surface area contributed by atoms with E-state index >= 15 is 0 Å². The topological polar surface area (TPSA) is 116 Å². The van der Waals surface area contributed by atoms with E-state index in [1.165, 1.54) is 23.2 Å². The Balaban J connectivity index is 1.90. The van der Waals surface area contributed by atoms with Crippen molar-refractivity contribution in [2.24, 2.45) is 11.7 Å². The lowest BCUT2D eigenvalue weighted by Gasteiger charge is -2.29. The van der Waals surface area contributed by atoms with Crippen LogP contribution in [0, 0.1) is 16.0 Å². The average Bonchev–Trinajstić information content (AvgIpc) is 3.30. The van der Waals surface area contributed by atoms with E-state index in [0.29, 0.717) is 18.2 Å². The van der Waals surface area contributed by atoms with Crippen molar-refractivity contribution in [3.05, 3.63) is 52.6 Å². The van der Waals surface area contributed by atoms with Crippen LogP contribution in [0.15, 0.2) is 36.9 Å². The number of amides is 1. The van der Waals surface area contributed by atoms with E-state index in [9.17, 15) is 14.9 Å². The van der Waals surface area contributed by atoms with Gasteiger partial charge in [-0.25, -0.2) is 4.98 Å². The summed E-state index contributed by atoms with van der Waals surface area (Å²) in [6.07, 6.45) is 6.69. The molecule has 0 bridgehead atoms. The highest BCUT2D eigenvalue weighted by Gasteiger charge is 2.41. The van der Waals surface area contributed by atoms with Gasteiger partial charge in [0.2, 0.25) is 0 Å². The Hall–Kier alpha value is -2.74. The lowest BCUT2D eigenvalue weighted by molar-refractivity contribution is -0.384. The summed E-state index contributed by atoms with van der Waals surface area (Å²) in [4.78, 5) is 27.3. The van der Waals surface area contributed by atoms with Gasteiger partial charge in [0.15, 0.2) is 0 Å². The molecule has 2 aromatic rings. The number of rotatable bonds is 6. The van der Waals surface area contributed by atoms with Gasteiger partial charge in [0, 0.05) is 30.6 Å². The van der Waals surface area contributed by atoms with E-state index in [-0.39, 0.29) is 17.2 Å². The van der Waals surface area contributed by atoms with E-state index in [4.69, 9.17) is 5.73 Å². The monoisotopic (exact) mass is 329 g/mol. The van der Waals surface area contributed by atoms with E-state index in [1.54, 1.807) is 18.3 Å². The van der Waals surface area contributed by atoms with Gasteiger partial charge in [-0.3, -0.25) is 14.9 Å². The number of nitro groups is 1. The summed E-state index contributed by atoms with van der Waals surface area (Å²) >= 11 is 0. The van der Waals surface area contributed by atoms with Gasteiger partial charge in [-0.2, -0.15) is 0 Å². The highest BCUT2D eigenvalue weighted by Crippen LogP contribution is 2.39. The standard InChI is InChI=1S/C16H19N5O3/c1-16(9-17,12-3-4-12)19-15(22)11-2-5-13(14(8-11)21(23)24)20-7-6-18-10-20/h2,5-8,10,12H,3-4,9,17H2,1H3,(H,19,22). The van der Waals surface area contributed by atoms with Crippen LogP contribution in [0.5, 0.6) is 0 Å². The molecule has 126 valence electrons. The summed E-state index contributed by atoms with van der Waals surface area (Å²) in [5.74, 6) is 0.0155. The van der Waals surface area contributed by atoms with Gasteiger partial charge in [0.1, 0.15) is 5.69 Å². The molecule has 8 heteroatoms. The van der Waals surface area contributed by atoms with Crippen LogP contribution in [-0.4, -0.2) is 32.5 Å². The van der Waals surface area contributed by atoms with Crippen LogP contribution in [0.2, 0.25) is 0 Å². The third-order valence-electron chi connectivity index (χ3n) is 4.52. The molecule has 3 rings (SSSR count). The zero-order valence-electron chi connectivity index (χ0n) is 13.3. The predicted octanol–water partition coefficient (Wildman–Crippen LogP) is 1.64. The fraction of sp³-hybridized carbons (Fsp3) is 0.375. The highest BCUT2D eigenvalue weighted by molar-refractivity contribution is 5.95. The first-order chi connectivity index (χ1) is 11.4. The molecule has 24 heavy (non-hydrogen) atoms. The van der Waals surface area contributed by atoms with E-state index < -0.39 is 10.5 Å². The lowest BCUT2D eigenvalue weighted by Crippen LogP contribution is -2.53. The number of aromatic nitrogens is 2. The molecule has 0 aliphatic heterocycles. The second-order valence-corrected chi connectivity index (χ2v) is 6.28. The summed E-state index contributed by atoms with van der Waals surface area (Å²) in [5.41, 5.74) is 5.78. The minimum absolute atomic E-state index is 0.151. The van der Waals surface area contributed by atoms with Crippen molar-refractivity contribution in [1.82, 2.24) is 14.9 Å². The first kappa shape index (κ1) is 16.1. The summed E-state index contributed by atoms with van der Waals surface area (Å²) in [6, 6.07) is 4.40. The van der Waals surface area contributed by atoms with E-state index in [2.05, 4.69) is 10.3 Å². The molecule has 1 aromatic carbocycles. The number of nitrogens with zero attached hydrogens (tertiary/aromatic N) is 3. The van der Waals surface area contributed by atoms with Crippen LogP contribution >= 0.6 is 0 Å². The third kappa shape index (κ3) is 3.00. The number of nitrogens with one attached hydrogen (secondary N) is 1. The number of carbonyl (C=O) groups excluding carboxylic acids is 1.